The zero-order valence-corrected chi connectivity index (χ0v) is 38.9. The normalized spacial score (nSPS) is 22.3. The van der Waals surface area contributed by atoms with Crippen molar-refractivity contribution in [3.63, 3.8) is 0 Å². The number of phosphoric acid groups is 1. The standard InChI is InChI=1S/C47H91O12P/c1-3-5-7-9-11-13-15-17-19-21-23-25-27-29-31-33-35-37-56-38-40(39-57-60(54,55)59-47-45(52)43(50)42(49)44(51)46(47)53)58-41(48)36-34-32-30-28-26-24-22-20-18-16-14-12-10-8-6-4-2/h20,22,40,42-47,49-53H,3-19,21,23-39H2,1-2H3,(H,54,55)/b22-20-. The number of aliphatic hydroxyl groups is 5. The number of aliphatic hydroxyl groups excluding tert-OH is 5. The molecule has 0 amide bonds. The van der Waals surface area contributed by atoms with Crippen LogP contribution in [-0.2, 0) is 27.9 Å². The SMILES string of the molecule is CCCCCCCCC/C=C\CCCCCCCC(=O)OC(COCCCCCCCCCCCCCCCCCCC)COP(=O)(O)OC1C(O)C(O)C(O)C(O)C1O. The number of phosphoric ester groups is 1. The minimum Gasteiger partial charge on any atom is -0.457 e. The highest BCUT2D eigenvalue weighted by atomic mass is 31.2. The van der Waals surface area contributed by atoms with Crippen molar-refractivity contribution in [2.75, 3.05) is 19.8 Å². The Bertz CT molecular complexity index is 1050. The molecule has 0 heterocycles. The van der Waals surface area contributed by atoms with E-state index < -0.39 is 63.1 Å². The summed E-state index contributed by atoms with van der Waals surface area (Å²) in [6, 6.07) is 0. The number of esters is 1. The minimum atomic E-state index is -5.02. The molecule has 12 nitrogen and oxygen atoms in total. The lowest BCUT2D eigenvalue weighted by Crippen LogP contribution is -2.64. The van der Waals surface area contributed by atoms with Gasteiger partial charge in [0.1, 0.15) is 42.7 Å². The van der Waals surface area contributed by atoms with Gasteiger partial charge in [0.05, 0.1) is 13.2 Å². The Labute approximate surface area is 365 Å². The maximum Gasteiger partial charge on any atom is 0.472 e. The second-order valence-electron chi connectivity index (χ2n) is 17.3. The van der Waals surface area contributed by atoms with Crippen LogP contribution in [0.4, 0.5) is 0 Å². The molecule has 0 aromatic rings. The minimum absolute atomic E-state index is 0.0740. The maximum absolute atomic E-state index is 12.8. The summed E-state index contributed by atoms with van der Waals surface area (Å²) in [4.78, 5) is 23.2. The van der Waals surface area contributed by atoms with E-state index in [1.165, 1.54) is 135 Å². The van der Waals surface area contributed by atoms with Gasteiger partial charge < -0.3 is 39.9 Å². The van der Waals surface area contributed by atoms with Crippen LogP contribution in [0.5, 0.6) is 0 Å². The topological polar surface area (TPSA) is 192 Å². The Hall–Kier alpha value is -0.920. The zero-order valence-electron chi connectivity index (χ0n) is 38.0. The number of allylic oxidation sites excluding steroid dienone is 2. The summed E-state index contributed by atoms with van der Waals surface area (Å²) in [5.74, 6) is -0.481. The number of carbonyl (C=O) groups is 1. The van der Waals surface area contributed by atoms with Crippen LogP contribution in [0.25, 0.3) is 0 Å². The quantitative estimate of drug-likeness (QED) is 0.0147. The summed E-state index contributed by atoms with van der Waals surface area (Å²) in [5.41, 5.74) is 0. The third-order valence-electron chi connectivity index (χ3n) is 11.6. The molecule has 0 bridgehead atoms. The van der Waals surface area contributed by atoms with Crippen LogP contribution in [0.1, 0.15) is 219 Å². The molecule has 6 N–H and O–H groups in total. The first-order valence-electron chi connectivity index (χ1n) is 24.5. The highest BCUT2D eigenvalue weighted by Gasteiger charge is 2.51. The van der Waals surface area contributed by atoms with E-state index in [1.54, 1.807) is 0 Å². The molecule has 0 aliphatic heterocycles. The lowest BCUT2D eigenvalue weighted by Gasteiger charge is -2.41. The molecule has 6 atom stereocenters. The highest BCUT2D eigenvalue weighted by Crippen LogP contribution is 2.47. The second-order valence-corrected chi connectivity index (χ2v) is 18.7. The average molecular weight is 879 g/mol. The van der Waals surface area contributed by atoms with Gasteiger partial charge in [-0.3, -0.25) is 13.8 Å². The molecule has 1 aliphatic rings. The predicted molar refractivity (Wildman–Crippen MR) is 240 cm³/mol. The fourth-order valence-corrected chi connectivity index (χ4v) is 8.68. The largest absolute Gasteiger partial charge is 0.472 e. The van der Waals surface area contributed by atoms with E-state index in [9.17, 15) is 39.8 Å². The third kappa shape index (κ3) is 30.2. The fourth-order valence-electron chi connectivity index (χ4n) is 7.70. The summed E-state index contributed by atoms with van der Waals surface area (Å²) in [6.45, 7) is 4.28. The van der Waals surface area contributed by atoms with Crippen molar-refractivity contribution in [3.05, 3.63) is 12.2 Å². The Morgan fingerprint density at radius 3 is 1.32 bits per heavy atom. The second kappa shape index (κ2) is 38.5. The number of unbranched alkanes of at least 4 members (excludes halogenated alkanes) is 28. The summed E-state index contributed by atoms with van der Waals surface area (Å²) in [5, 5.41) is 50.2. The Morgan fingerprint density at radius 2 is 0.883 bits per heavy atom. The van der Waals surface area contributed by atoms with E-state index in [-0.39, 0.29) is 13.0 Å². The molecular formula is C47H91O12P. The van der Waals surface area contributed by atoms with Gasteiger partial charge in [-0.2, -0.15) is 0 Å². The van der Waals surface area contributed by atoms with E-state index >= 15 is 0 Å². The van der Waals surface area contributed by atoms with Crippen LogP contribution in [0.15, 0.2) is 12.2 Å². The summed E-state index contributed by atoms with van der Waals surface area (Å²) in [6.07, 6.45) is 29.9. The van der Waals surface area contributed by atoms with Crippen LogP contribution in [0, 0.1) is 0 Å². The van der Waals surface area contributed by atoms with Crippen molar-refractivity contribution in [3.8, 4) is 0 Å². The Kier molecular flexibility index (Phi) is 36.7. The van der Waals surface area contributed by atoms with Gasteiger partial charge in [-0.05, 0) is 38.5 Å². The molecule has 356 valence electrons. The van der Waals surface area contributed by atoms with Crippen LogP contribution < -0.4 is 0 Å². The molecule has 6 unspecified atom stereocenters. The first kappa shape index (κ1) is 57.1. The third-order valence-corrected chi connectivity index (χ3v) is 12.6. The molecule has 0 aromatic heterocycles. The van der Waals surface area contributed by atoms with Crippen molar-refractivity contribution in [1.82, 2.24) is 0 Å². The molecular weight excluding hydrogens is 787 g/mol. The van der Waals surface area contributed by atoms with Gasteiger partial charge >= 0.3 is 13.8 Å². The lowest BCUT2D eigenvalue weighted by atomic mass is 9.85. The van der Waals surface area contributed by atoms with E-state index in [0.717, 1.165) is 57.8 Å². The molecule has 60 heavy (non-hydrogen) atoms. The van der Waals surface area contributed by atoms with E-state index in [0.29, 0.717) is 13.0 Å². The summed E-state index contributed by atoms with van der Waals surface area (Å²) in [7, 11) is -5.02. The van der Waals surface area contributed by atoms with Gasteiger partial charge in [0.15, 0.2) is 0 Å². The van der Waals surface area contributed by atoms with Gasteiger partial charge in [-0.1, -0.05) is 187 Å². The van der Waals surface area contributed by atoms with Crippen LogP contribution in [0.3, 0.4) is 0 Å². The maximum atomic E-state index is 12.8. The van der Waals surface area contributed by atoms with Crippen molar-refractivity contribution in [2.24, 2.45) is 0 Å². The monoisotopic (exact) mass is 879 g/mol. The molecule has 0 aromatic carbocycles. The zero-order chi connectivity index (χ0) is 44.1. The van der Waals surface area contributed by atoms with Gasteiger partial charge in [0.25, 0.3) is 0 Å². The number of ether oxygens (including phenoxy) is 2. The van der Waals surface area contributed by atoms with Crippen molar-refractivity contribution in [2.45, 2.75) is 262 Å². The molecule has 0 spiro atoms. The molecule has 0 saturated heterocycles. The Morgan fingerprint density at radius 1 is 0.517 bits per heavy atom. The lowest BCUT2D eigenvalue weighted by molar-refractivity contribution is -0.220. The first-order chi connectivity index (χ1) is 29.0. The Balaban J connectivity index is 2.36. The molecule has 0 radical (unpaired) electrons. The van der Waals surface area contributed by atoms with Gasteiger partial charge in [-0.15, -0.1) is 0 Å². The van der Waals surface area contributed by atoms with Gasteiger partial charge in [-0.25, -0.2) is 4.57 Å². The number of carbonyl (C=O) groups excluding carboxylic acids is 1. The van der Waals surface area contributed by atoms with E-state index in [4.69, 9.17) is 18.5 Å². The van der Waals surface area contributed by atoms with Crippen LogP contribution in [-0.4, -0.2) is 98.9 Å². The molecule has 1 saturated carbocycles. The van der Waals surface area contributed by atoms with Gasteiger partial charge in [0, 0.05) is 13.0 Å². The van der Waals surface area contributed by atoms with Gasteiger partial charge in [0.2, 0.25) is 0 Å². The average Bonchev–Trinajstić information content (AvgIpc) is 3.23. The smallest absolute Gasteiger partial charge is 0.457 e. The molecule has 1 aliphatic carbocycles. The summed E-state index contributed by atoms with van der Waals surface area (Å²) < 4.78 is 34.2. The molecule has 13 heteroatoms. The van der Waals surface area contributed by atoms with E-state index in [1.807, 2.05) is 0 Å². The van der Waals surface area contributed by atoms with Crippen LogP contribution >= 0.6 is 7.82 Å². The van der Waals surface area contributed by atoms with E-state index in [2.05, 4.69) is 26.0 Å². The van der Waals surface area contributed by atoms with Crippen LogP contribution in [0.2, 0.25) is 0 Å². The fraction of sp³-hybridized carbons (Fsp3) is 0.936. The van der Waals surface area contributed by atoms with Crippen molar-refractivity contribution >= 4 is 13.8 Å². The number of hydrogen-bond acceptors (Lipinski definition) is 11. The summed E-state index contributed by atoms with van der Waals surface area (Å²) >= 11 is 0. The highest BCUT2D eigenvalue weighted by molar-refractivity contribution is 7.47. The first-order valence-corrected chi connectivity index (χ1v) is 26.0. The number of rotatable bonds is 42. The predicted octanol–water partition coefficient (Wildman–Crippen LogP) is 10.3. The van der Waals surface area contributed by atoms with Crippen molar-refractivity contribution < 1.29 is 58.3 Å². The molecule has 1 fully saturated rings. The molecule has 1 rings (SSSR count). The van der Waals surface area contributed by atoms with Crippen molar-refractivity contribution in [1.29, 1.82) is 0 Å². The number of hydrogen-bond donors (Lipinski definition) is 6.